The van der Waals surface area contributed by atoms with Crippen LogP contribution in [-0.4, -0.2) is 38.4 Å². The molecular weight excluding hydrogens is 342 g/mol. The van der Waals surface area contributed by atoms with Gasteiger partial charge in [0, 0.05) is 17.7 Å². The molecule has 1 saturated carbocycles. The molecule has 2 aromatic rings. The van der Waals surface area contributed by atoms with Gasteiger partial charge in [0.1, 0.15) is 6.07 Å². The standard InChI is InChI=1S/C20H23N5O2/c1-20(2,3)15(10-26)23-19(27)17-14-7-12-6-13(12)18(14)25(24-17)16-5-4-11(8-21)9-22-16/h4-5,9,12-13,15,26H,6-7,10H2,1-3H3,(H,23,27)/t12-,13-,15-/m1/s1. The third-order valence-electron chi connectivity index (χ3n) is 5.61. The van der Waals surface area contributed by atoms with Crippen molar-refractivity contribution in [1.29, 1.82) is 5.26 Å². The van der Waals surface area contributed by atoms with Crippen LogP contribution in [0.4, 0.5) is 0 Å². The minimum absolute atomic E-state index is 0.124. The first kappa shape index (κ1) is 17.7. The highest BCUT2D eigenvalue weighted by molar-refractivity contribution is 5.94. The number of aromatic nitrogens is 3. The molecule has 0 bridgehead atoms. The number of rotatable bonds is 4. The van der Waals surface area contributed by atoms with Crippen LogP contribution >= 0.6 is 0 Å². The van der Waals surface area contributed by atoms with Gasteiger partial charge in [0.15, 0.2) is 11.5 Å². The fourth-order valence-corrected chi connectivity index (χ4v) is 3.81. The van der Waals surface area contributed by atoms with E-state index in [4.69, 9.17) is 5.26 Å². The maximum Gasteiger partial charge on any atom is 0.272 e. The van der Waals surface area contributed by atoms with Crippen molar-refractivity contribution in [2.75, 3.05) is 6.61 Å². The summed E-state index contributed by atoms with van der Waals surface area (Å²) in [6, 6.07) is 5.17. The second-order valence-electron chi connectivity index (χ2n) is 8.52. The Balaban J connectivity index is 1.70. The van der Waals surface area contributed by atoms with Crippen LogP contribution in [0, 0.1) is 22.7 Å². The molecule has 0 radical (unpaired) electrons. The number of amides is 1. The zero-order chi connectivity index (χ0) is 19.3. The van der Waals surface area contributed by atoms with E-state index in [1.807, 2.05) is 20.8 Å². The third-order valence-corrected chi connectivity index (χ3v) is 5.61. The van der Waals surface area contributed by atoms with Crippen LogP contribution in [0.5, 0.6) is 0 Å². The number of pyridine rings is 1. The summed E-state index contributed by atoms with van der Waals surface area (Å²) < 4.78 is 1.76. The molecule has 7 nitrogen and oxygen atoms in total. The van der Waals surface area contributed by atoms with Gasteiger partial charge in [0.2, 0.25) is 0 Å². The number of nitriles is 1. The van der Waals surface area contributed by atoms with Crippen LogP contribution in [0.1, 0.15) is 60.4 Å². The number of nitrogens with one attached hydrogen (secondary N) is 1. The fraction of sp³-hybridized carbons (Fsp3) is 0.500. The number of hydrogen-bond donors (Lipinski definition) is 2. The fourth-order valence-electron chi connectivity index (χ4n) is 3.81. The Morgan fingerprint density at radius 1 is 1.48 bits per heavy atom. The number of carbonyl (C=O) groups excluding carboxylic acids is 1. The molecule has 0 aliphatic heterocycles. The predicted octanol–water partition coefficient (Wildman–Crippen LogP) is 1.94. The van der Waals surface area contributed by atoms with E-state index >= 15 is 0 Å². The van der Waals surface area contributed by atoms with Crippen molar-refractivity contribution < 1.29 is 9.90 Å². The van der Waals surface area contributed by atoms with E-state index < -0.39 is 0 Å². The predicted molar refractivity (Wildman–Crippen MR) is 98.4 cm³/mol. The summed E-state index contributed by atoms with van der Waals surface area (Å²) in [4.78, 5) is 17.3. The van der Waals surface area contributed by atoms with E-state index in [1.165, 1.54) is 6.20 Å². The summed E-state index contributed by atoms with van der Waals surface area (Å²) in [7, 11) is 0. The summed E-state index contributed by atoms with van der Waals surface area (Å²) in [6.07, 6.45) is 3.50. The molecule has 0 unspecified atom stereocenters. The highest BCUT2D eigenvalue weighted by atomic mass is 16.3. The van der Waals surface area contributed by atoms with Gasteiger partial charge < -0.3 is 10.4 Å². The second kappa shape index (κ2) is 6.17. The Bertz CT molecular complexity index is 933. The molecule has 2 aliphatic carbocycles. The molecule has 7 heteroatoms. The van der Waals surface area contributed by atoms with Gasteiger partial charge in [0.05, 0.1) is 23.9 Å². The lowest BCUT2D eigenvalue weighted by Gasteiger charge is -2.29. The average Bonchev–Trinajstić information content (AvgIpc) is 3.14. The number of fused-ring (bicyclic) bond motifs is 3. The normalized spacial score (nSPS) is 21.1. The summed E-state index contributed by atoms with van der Waals surface area (Å²) >= 11 is 0. The van der Waals surface area contributed by atoms with Crippen molar-refractivity contribution in [2.45, 2.75) is 45.6 Å². The first-order valence-corrected chi connectivity index (χ1v) is 9.23. The molecule has 0 saturated heterocycles. The molecule has 0 aromatic carbocycles. The lowest BCUT2D eigenvalue weighted by atomic mass is 9.87. The molecule has 27 heavy (non-hydrogen) atoms. The Hall–Kier alpha value is -2.72. The largest absolute Gasteiger partial charge is 0.394 e. The first-order valence-electron chi connectivity index (χ1n) is 9.23. The van der Waals surface area contributed by atoms with Crippen LogP contribution in [-0.2, 0) is 6.42 Å². The minimum atomic E-state index is -0.352. The van der Waals surface area contributed by atoms with Crippen molar-refractivity contribution in [3.8, 4) is 11.9 Å². The highest BCUT2D eigenvalue weighted by Gasteiger charge is 2.50. The van der Waals surface area contributed by atoms with Gasteiger partial charge >= 0.3 is 0 Å². The van der Waals surface area contributed by atoms with Crippen LogP contribution in [0.2, 0.25) is 0 Å². The number of hydrogen-bond acceptors (Lipinski definition) is 5. The van der Waals surface area contributed by atoms with Gasteiger partial charge in [-0.2, -0.15) is 10.4 Å². The van der Waals surface area contributed by atoms with Gasteiger partial charge in [-0.3, -0.25) is 4.79 Å². The lowest BCUT2D eigenvalue weighted by molar-refractivity contribution is 0.0841. The van der Waals surface area contributed by atoms with E-state index in [0.717, 1.165) is 24.1 Å². The molecule has 140 valence electrons. The first-order chi connectivity index (χ1) is 12.8. The Labute approximate surface area is 158 Å². The summed E-state index contributed by atoms with van der Waals surface area (Å²) in [5, 5.41) is 26.1. The van der Waals surface area contributed by atoms with E-state index in [9.17, 15) is 9.90 Å². The summed E-state index contributed by atoms with van der Waals surface area (Å²) in [5.74, 6) is 1.38. The molecule has 1 fully saturated rings. The zero-order valence-electron chi connectivity index (χ0n) is 15.7. The van der Waals surface area contributed by atoms with Crippen molar-refractivity contribution in [3.05, 3.63) is 40.8 Å². The molecule has 2 aromatic heterocycles. The third kappa shape index (κ3) is 3.00. The Morgan fingerprint density at radius 3 is 2.85 bits per heavy atom. The lowest BCUT2D eigenvalue weighted by Crippen LogP contribution is -2.46. The molecule has 1 amide bonds. The number of nitrogens with zero attached hydrogens (tertiary/aromatic N) is 4. The maximum absolute atomic E-state index is 12.9. The van der Waals surface area contributed by atoms with Gasteiger partial charge in [-0.15, -0.1) is 0 Å². The summed E-state index contributed by atoms with van der Waals surface area (Å²) in [6.45, 7) is 5.81. The van der Waals surface area contributed by atoms with E-state index in [-0.39, 0.29) is 24.0 Å². The maximum atomic E-state index is 12.9. The van der Waals surface area contributed by atoms with Crippen molar-refractivity contribution in [3.63, 3.8) is 0 Å². The minimum Gasteiger partial charge on any atom is -0.394 e. The Morgan fingerprint density at radius 2 is 2.26 bits per heavy atom. The smallest absolute Gasteiger partial charge is 0.272 e. The molecule has 2 aliphatic rings. The topological polar surface area (TPSA) is 104 Å². The van der Waals surface area contributed by atoms with Crippen LogP contribution in [0.15, 0.2) is 18.3 Å². The van der Waals surface area contributed by atoms with Gasteiger partial charge in [-0.05, 0) is 36.3 Å². The second-order valence-corrected chi connectivity index (χ2v) is 8.52. The monoisotopic (exact) mass is 365 g/mol. The summed E-state index contributed by atoms with van der Waals surface area (Å²) in [5.41, 5.74) is 2.71. The van der Waals surface area contributed by atoms with E-state index in [1.54, 1.807) is 16.8 Å². The molecule has 4 rings (SSSR count). The van der Waals surface area contributed by atoms with Gasteiger partial charge in [0.25, 0.3) is 5.91 Å². The highest BCUT2D eigenvalue weighted by Crippen LogP contribution is 2.57. The molecule has 2 N–H and O–H groups in total. The van der Waals surface area contributed by atoms with Crippen LogP contribution < -0.4 is 5.32 Å². The van der Waals surface area contributed by atoms with Crippen LogP contribution in [0.3, 0.4) is 0 Å². The zero-order valence-corrected chi connectivity index (χ0v) is 15.7. The molecule has 3 atom stereocenters. The molecule has 0 spiro atoms. The van der Waals surface area contributed by atoms with Crippen LogP contribution in [0.25, 0.3) is 5.82 Å². The quantitative estimate of drug-likeness (QED) is 0.862. The van der Waals surface area contributed by atoms with Crippen molar-refractivity contribution in [2.24, 2.45) is 11.3 Å². The SMILES string of the molecule is CC(C)(C)[C@@H](CO)NC(=O)c1nn(-c2ccc(C#N)cn2)c2c1C[C@H]1C[C@@H]21. The van der Waals surface area contributed by atoms with Crippen molar-refractivity contribution in [1.82, 2.24) is 20.1 Å². The van der Waals surface area contributed by atoms with Gasteiger partial charge in [-0.1, -0.05) is 20.8 Å². The molecule has 2 heterocycles. The number of carbonyl (C=O) groups is 1. The molecular formula is C20H23N5O2. The van der Waals surface area contributed by atoms with Gasteiger partial charge in [-0.25, -0.2) is 9.67 Å². The Kier molecular flexibility index (Phi) is 4.04. The van der Waals surface area contributed by atoms with E-state index in [2.05, 4.69) is 21.5 Å². The average molecular weight is 365 g/mol. The van der Waals surface area contributed by atoms with Crippen molar-refractivity contribution >= 4 is 5.91 Å². The number of aliphatic hydroxyl groups is 1. The van der Waals surface area contributed by atoms with E-state index in [0.29, 0.717) is 28.9 Å². The number of aliphatic hydroxyl groups excluding tert-OH is 1.